The molecule has 3 heterocycles. The van der Waals surface area contributed by atoms with E-state index >= 15 is 0 Å². The van der Waals surface area contributed by atoms with E-state index in [-0.39, 0.29) is 10.6 Å². The van der Waals surface area contributed by atoms with E-state index in [9.17, 15) is 10.1 Å². The Morgan fingerprint density at radius 1 is 1.06 bits per heavy atom. The van der Waals surface area contributed by atoms with E-state index in [1.165, 1.54) is 22.2 Å². The van der Waals surface area contributed by atoms with Crippen LogP contribution in [-0.4, -0.2) is 41.2 Å². The van der Waals surface area contributed by atoms with Crippen LogP contribution in [-0.2, 0) is 17.6 Å². The molecule has 1 saturated heterocycles. The first kappa shape index (κ1) is 22.6. The van der Waals surface area contributed by atoms with Crippen LogP contribution in [0.25, 0.3) is 21.7 Å². The molecule has 0 atom stereocenters. The van der Waals surface area contributed by atoms with E-state index in [0.717, 1.165) is 73.0 Å². The highest BCUT2D eigenvalue weighted by Crippen LogP contribution is 2.46. The number of hydrogen-bond acceptors (Lipinski definition) is 8. The molecule has 4 aromatic rings. The number of benzene rings is 2. The Morgan fingerprint density at radius 3 is 2.69 bits per heavy atom. The standard InChI is InChI=1S/C27H25N5O3S/c33-32(34)21-4-1-3-18(17-21)26-25(22-5-2-6-24(22)36-26)23-11-12-28-27(30-23)29-19-7-9-20(10-8-19)31-13-15-35-16-14-31/h1,3-4,7-12,17H,2,5-6,13-16H2,(H,28,29,30). The first-order valence-electron chi connectivity index (χ1n) is 12.1. The van der Waals surface area contributed by atoms with Gasteiger partial charge in [0.05, 0.1) is 23.8 Å². The largest absolute Gasteiger partial charge is 0.378 e. The van der Waals surface area contributed by atoms with Crippen LogP contribution < -0.4 is 10.2 Å². The molecule has 8 nitrogen and oxygen atoms in total. The molecule has 1 N–H and O–H groups in total. The van der Waals surface area contributed by atoms with Gasteiger partial charge in [-0.25, -0.2) is 9.97 Å². The zero-order chi connectivity index (χ0) is 24.5. The normalized spacial score (nSPS) is 15.1. The number of aromatic nitrogens is 2. The number of non-ortho nitro benzene ring substituents is 1. The fraction of sp³-hybridized carbons (Fsp3) is 0.259. The van der Waals surface area contributed by atoms with Gasteiger partial charge in [-0.2, -0.15) is 0 Å². The van der Waals surface area contributed by atoms with Crippen LogP contribution in [0.2, 0.25) is 0 Å². The van der Waals surface area contributed by atoms with Gasteiger partial charge in [-0.3, -0.25) is 10.1 Å². The Kier molecular flexibility index (Phi) is 6.08. The minimum absolute atomic E-state index is 0.0950. The summed E-state index contributed by atoms with van der Waals surface area (Å²) in [6.45, 7) is 3.31. The minimum Gasteiger partial charge on any atom is -0.378 e. The number of nitrogens with zero attached hydrogens (tertiary/aromatic N) is 4. The van der Waals surface area contributed by atoms with Gasteiger partial charge in [-0.1, -0.05) is 12.1 Å². The van der Waals surface area contributed by atoms with E-state index in [1.807, 2.05) is 24.3 Å². The number of nitrogens with one attached hydrogen (secondary N) is 1. The molecule has 2 aliphatic rings. The number of rotatable bonds is 6. The van der Waals surface area contributed by atoms with Crippen molar-refractivity contribution in [3.8, 4) is 21.7 Å². The lowest BCUT2D eigenvalue weighted by Crippen LogP contribution is -2.36. The van der Waals surface area contributed by atoms with E-state index in [1.54, 1.807) is 29.7 Å². The Hall–Kier alpha value is -3.82. The van der Waals surface area contributed by atoms with E-state index in [4.69, 9.17) is 9.72 Å². The van der Waals surface area contributed by atoms with Gasteiger partial charge in [0.1, 0.15) is 0 Å². The average Bonchev–Trinajstić information content (AvgIpc) is 3.52. The molecule has 0 saturated carbocycles. The third-order valence-electron chi connectivity index (χ3n) is 6.65. The van der Waals surface area contributed by atoms with Gasteiger partial charge in [0, 0.05) is 58.1 Å². The van der Waals surface area contributed by atoms with Crippen molar-refractivity contribution in [3.63, 3.8) is 0 Å². The number of anilines is 3. The van der Waals surface area contributed by atoms with E-state index in [2.05, 4.69) is 27.3 Å². The predicted octanol–water partition coefficient (Wildman–Crippen LogP) is 5.85. The van der Waals surface area contributed by atoms with Crippen molar-refractivity contribution in [1.82, 2.24) is 9.97 Å². The fourth-order valence-electron chi connectivity index (χ4n) is 4.90. The Labute approximate surface area is 212 Å². The van der Waals surface area contributed by atoms with Crippen LogP contribution in [0.4, 0.5) is 23.0 Å². The number of ether oxygens (including phenoxy) is 1. The highest BCUT2D eigenvalue weighted by molar-refractivity contribution is 7.16. The summed E-state index contributed by atoms with van der Waals surface area (Å²) in [7, 11) is 0. The maximum absolute atomic E-state index is 11.4. The summed E-state index contributed by atoms with van der Waals surface area (Å²) in [5.74, 6) is 0.523. The van der Waals surface area contributed by atoms with Crippen molar-refractivity contribution >= 4 is 34.3 Å². The minimum atomic E-state index is -0.346. The van der Waals surface area contributed by atoms with Gasteiger partial charge < -0.3 is 15.0 Å². The second kappa shape index (κ2) is 9.67. The third kappa shape index (κ3) is 4.43. The molecule has 9 heteroatoms. The molecule has 0 spiro atoms. The maximum Gasteiger partial charge on any atom is 0.270 e. The number of nitro benzene ring substituents is 1. The number of fused-ring (bicyclic) bond motifs is 1. The zero-order valence-corrected chi connectivity index (χ0v) is 20.5. The Morgan fingerprint density at radius 2 is 1.89 bits per heavy atom. The monoisotopic (exact) mass is 499 g/mol. The van der Waals surface area contributed by atoms with E-state index < -0.39 is 0 Å². The molecule has 0 amide bonds. The van der Waals surface area contributed by atoms with Crippen molar-refractivity contribution < 1.29 is 9.66 Å². The number of aryl methyl sites for hydroxylation is 1. The second-order valence-corrected chi connectivity index (χ2v) is 10.0. The van der Waals surface area contributed by atoms with Gasteiger partial charge in [0.25, 0.3) is 5.69 Å². The number of thiophene rings is 1. The third-order valence-corrected chi connectivity index (χ3v) is 7.99. The van der Waals surface area contributed by atoms with Gasteiger partial charge in [-0.05, 0) is 60.7 Å². The molecule has 1 fully saturated rings. The molecule has 0 radical (unpaired) electrons. The lowest BCUT2D eigenvalue weighted by Gasteiger charge is -2.28. The van der Waals surface area contributed by atoms with Crippen LogP contribution in [0, 0.1) is 10.1 Å². The quantitative estimate of drug-likeness (QED) is 0.263. The lowest BCUT2D eigenvalue weighted by molar-refractivity contribution is -0.384. The van der Waals surface area contributed by atoms with Crippen molar-refractivity contribution in [3.05, 3.63) is 81.3 Å². The molecule has 6 rings (SSSR count). The second-order valence-electron chi connectivity index (χ2n) is 8.91. The molecule has 0 unspecified atom stereocenters. The first-order valence-corrected chi connectivity index (χ1v) is 12.9. The van der Waals surface area contributed by atoms with Gasteiger partial charge in [0.2, 0.25) is 5.95 Å². The maximum atomic E-state index is 11.4. The highest BCUT2D eigenvalue weighted by atomic mass is 32.1. The van der Waals surface area contributed by atoms with E-state index in [0.29, 0.717) is 5.95 Å². The Bertz CT molecular complexity index is 1410. The smallest absolute Gasteiger partial charge is 0.270 e. The van der Waals surface area contributed by atoms with Crippen molar-refractivity contribution in [2.75, 3.05) is 36.5 Å². The summed E-state index contributed by atoms with van der Waals surface area (Å²) < 4.78 is 5.45. The SMILES string of the molecule is O=[N+]([O-])c1cccc(-c2sc3c(c2-c2ccnc(Nc4ccc(N5CCOCC5)cc4)n2)CCC3)c1. The first-order chi connectivity index (χ1) is 17.7. The predicted molar refractivity (Wildman–Crippen MR) is 142 cm³/mol. The van der Waals surface area contributed by atoms with Gasteiger partial charge >= 0.3 is 0 Å². The molecule has 1 aliphatic heterocycles. The van der Waals surface area contributed by atoms with Crippen molar-refractivity contribution in [2.45, 2.75) is 19.3 Å². The van der Waals surface area contributed by atoms with Crippen LogP contribution in [0.5, 0.6) is 0 Å². The summed E-state index contributed by atoms with van der Waals surface area (Å²) in [5.41, 5.74) is 6.25. The van der Waals surface area contributed by atoms with Crippen LogP contribution in [0.1, 0.15) is 16.9 Å². The molecular formula is C27H25N5O3S. The highest BCUT2D eigenvalue weighted by Gasteiger charge is 2.25. The lowest BCUT2D eigenvalue weighted by atomic mass is 10.0. The van der Waals surface area contributed by atoms with Crippen molar-refractivity contribution in [2.24, 2.45) is 0 Å². The summed E-state index contributed by atoms with van der Waals surface area (Å²) in [6.07, 6.45) is 4.91. The molecule has 182 valence electrons. The van der Waals surface area contributed by atoms with Crippen LogP contribution >= 0.6 is 11.3 Å². The number of morpholine rings is 1. The molecule has 2 aromatic carbocycles. The molecule has 36 heavy (non-hydrogen) atoms. The summed E-state index contributed by atoms with van der Waals surface area (Å²) in [5, 5.41) is 14.7. The van der Waals surface area contributed by atoms with Crippen molar-refractivity contribution in [1.29, 1.82) is 0 Å². The number of nitro groups is 1. The number of hydrogen-bond donors (Lipinski definition) is 1. The van der Waals surface area contributed by atoms with Crippen LogP contribution in [0.15, 0.2) is 60.8 Å². The molecule has 1 aliphatic carbocycles. The fourth-order valence-corrected chi connectivity index (χ4v) is 6.30. The molecule has 2 aromatic heterocycles. The average molecular weight is 500 g/mol. The zero-order valence-electron chi connectivity index (χ0n) is 19.6. The van der Waals surface area contributed by atoms with Gasteiger partial charge in [-0.15, -0.1) is 11.3 Å². The molecule has 0 bridgehead atoms. The summed E-state index contributed by atoms with van der Waals surface area (Å²) >= 11 is 1.72. The topological polar surface area (TPSA) is 93.4 Å². The Balaban J connectivity index is 1.31. The summed E-state index contributed by atoms with van der Waals surface area (Å²) in [6, 6.07) is 17.1. The van der Waals surface area contributed by atoms with Crippen LogP contribution in [0.3, 0.4) is 0 Å². The molecular weight excluding hydrogens is 474 g/mol. The summed E-state index contributed by atoms with van der Waals surface area (Å²) in [4.78, 5) is 25.0. The van der Waals surface area contributed by atoms with Gasteiger partial charge in [0.15, 0.2) is 0 Å².